The van der Waals surface area contributed by atoms with E-state index < -0.39 is 0 Å². The fourth-order valence-corrected chi connectivity index (χ4v) is 6.24. The first-order chi connectivity index (χ1) is 25.4. The maximum absolute atomic E-state index is 14.9. The maximum atomic E-state index is 14.9. The Labute approximate surface area is 306 Å². The third kappa shape index (κ3) is 11.2. The Bertz CT molecular complexity index is 1770. The molecule has 0 N–H and O–H groups in total. The third-order valence-electron chi connectivity index (χ3n) is 8.78. The SMILES string of the molecule is CCOC(=O)CCCOc1cccc(CCCCCCOc2cc(-c3ccc4c(c3)OCCO4)cc(-c3ccccc3F)c2)c1CCC(=O)OCC. The number of benzene rings is 4. The highest BCUT2D eigenvalue weighted by Crippen LogP contribution is 2.38. The van der Waals surface area contributed by atoms with E-state index in [1.165, 1.54) is 6.07 Å². The minimum atomic E-state index is -0.289. The summed E-state index contributed by atoms with van der Waals surface area (Å²) in [5, 5.41) is 0. The van der Waals surface area contributed by atoms with Crippen LogP contribution in [0.15, 0.2) is 78.9 Å². The lowest BCUT2D eigenvalue weighted by Gasteiger charge is -2.19. The highest BCUT2D eigenvalue weighted by molar-refractivity contribution is 5.77. The van der Waals surface area contributed by atoms with Crippen molar-refractivity contribution >= 4 is 11.9 Å². The smallest absolute Gasteiger partial charge is 0.306 e. The van der Waals surface area contributed by atoms with Gasteiger partial charge < -0.3 is 28.4 Å². The van der Waals surface area contributed by atoms with Gasteiger partial charge in [0.05, 0.1) is 26.4 Å². The van der Waals surface area contributed by atoms with Crippen molar-refractivity contribution in [2.24, 2.45) is 0 Å². The molecule has 0 unspecified atom stereocenters. The molecule has 5 rings (SSSR count). The van der Waals surface area contributed by atoms with Crippen LogP contribution in [-0.2, 0) is 31.9 Å². The Morgan fingerprint density at radius 1 is 0.654 bits per heavy atom. The summed E-state index contributed by atoms with van der Waals surface area (Å²) in [6.45, 7) is 6.24. The van der Waals surface area contributed by atoms with Crippen molar-refractivity contribution in [1.82, 2.24) is 0 Å². The number of hydrogen-bond donors (Lipinski definition) is 0. The number of ether oxygens (including phenoxy) is 6. The predicted molar refractivity (Wildman–Crippen MR) is 199 cm³/mol. The van der Waals surface area contributed by atoms with Gasteiger partial charge in [0.2, 0.25) is 0 Å². The van der Waals surface area contributed by atoms with Gasteiger partial charge in [0.1, 0.15) is 30.5 Å². The standard InChI is InChI=1S/C43H49FO8/c1-3-47-42(45)18-12-24-50-39-17-11-14-31(37(39)20-22-43(46)48-4-2)13-7-5-6-10-23-49-35-28-33(27-34(29-35)36-15-8-9-16-38(36)44)32-19-21-40-41(30-32)52-26-25-51-40/h8-9,11,14-17,19,21,27-30H,3-7,10,12-13,18,20,22-26H2,1-2H3. The van der Waals surface area contributed by atoms with E-state index in [0.717, 1.165) is 65.7 Å². The monoisotopic (exact) mass is 712 g/mol. The van der Waals surface area contributed by atoms with E-state index in [2.05, 4.69) is 6.07 Å². The highest BCUT2D eigenvalue weighted by atomic mass is 19.1. The molecule has 52 heavy (non-hydrogen) atoms. The van der Waals surface area contributed by atoms with Crippen LogP contribution >= 0.6 is 0 Å². The van der Waals surface area contributed by atoms with Crippen molar-refractivity contribution in [1.29, 1.82) is 0 Å². The van der Waals surface area contributed by atoms with Gasteiger partial charge in [0, 0.05) is 18.4 Å². The number of halogens is 1. The lowest BCUT2D eigenvalue weighted by Crippen LogP contribution is -2.15. The summed E-state index contributed by atoms with van der Waals surface area (Å²) in [6.07, 6.45) is 6.31. The molecular formula is C43H49FO8. The zero-order chi connectivity index (χ0) is 36.5. The van der Waals surface area contributed by atoms with Gasteiger partial charge >= 0.3 is 11.9 Å². The topological polar surface area (TPSA) is 89.5 Å². The molecule has 4 aromatic carbocycles. The second-order valence-corrected chi connectivity index (χ2v) is 12.6. The molecule has 0 radical (unpaired) electrons. The fraction of sp³-hybridized carbons (Fsp3) is 0.395. The molecule has 0 atom stereocenters. The summed E-state index contributed by atoms with van der Waals surface area (Å²) in [7, 11) is 0. The molecule has 1 aliphatic heterocycles. The van der Waals surface area contributed by atoms with Crippen molar-refractivity contribution in [2.45, 2.75) is 71.6 Å². The van der Waals surface area contributed by atoms with Crippen molar-refractivity contribution in [3.8, 4) is 45.3 Å². The van der Waals surface area contributed by atoms with Gasteiger partial charge in [0.25, 0.3) is 0 Å². The van der Waals surface area contributed by atoms with Gasteiger partial charge in [-0.2, -0.15) is 0 Å². The van der Waals surface area contributed by atoms with Gasteiger partial charge in [0.15, 0.2) is 11.5 Å². The minimum absolute atomic E-state index is 0.231. The summed E-state index contributed by atoms with van der Waals surface area (Å²) in [6, 6.07) is 24.4. The molecule has 1 aliphatic rings. The molecule has 276 valence electrons. The molecule has 0 saturated carbocycles. The molecule has 0 amide bonds. The minimum Gasteiger partial charge on any atom is -0.494 e. The van der Waals surface area contributed by atoms with E-state index in [-0.39, 0.29) is 24.2 Å². The van der Waals surface area contributed by atoms with Gasteiger partial charge in [-0.05, 0) is 116 Å². The average Bonchev–Trinajstić information content (AvgIpc) is 3.15. The second kappa shape index (κ2) is 20.1. The van der Waals surface area contributed by atoms with E-state index in [4.69, 9.17) is 28.4 Å². The van der Waals surface area contributed by atoms with Gasteiger partial charge in [-0.25, -0.2) is 4.39 Å². The van der Waals surface area contributed by atoms with Crippen molar-refractivity contribution < 1.29 is 42.4 Å². The second-order valence-electron chi connectivity index (χ2n) is 12.6. The van der Waals surface area contributed by atoms with E-state index >= 15 is 0 Å². The fourth-order valence-electron chi connectivity index (χ4n) is 6.24. The molecule has 0 spiro atoms. The van der Waals surface area contributed by atoms with Crippen LogP contribution in [-0.4, -0.2) is 51.6 Å². The number of aryl methyl sites for hydroxylation is 1. The molecule has 9 heteroatoms. The first-order valence-electron chi connectivity index (χ1n) is 18.4. The molecule has 8 nitrogen and oxygen atoms in total. The van der Waals surface area contributed by atoms with Crippen LogP contribution in [0.25, 0.3) is 22.3 Å². The Balaban J connectivity index is 1.17. The summed E-state index contributed by atoms with van der Waals surface area (Å²) in [5.41, 5.74) is 5.25. The van der Waals surface area contributed by atoms with Crippen LogP contribution in [0.5, 0.6) is 23.0 Å². The Morgan fingerprint density at radius 2 is 1.38 bits per heavy atom. The zero-order valence-corrected chi connectivity index (χ0v) is 30.3. The molecular weight excluding hydrogens is 663 g/mol. The zero-order valence-electron chi connectivity index (χ0n) is 30.3. The van der Waals surface area contributed by atoms with Crippen molar-refractivity contribution in [3.63, 3.8) is 0 Å². The predicted octanol–water partition coefficient (Wildman–Crippen LogP) is 9.33. The van der Waals surface area contributed by atoms with Gasteiger partial charge in [-0.3, -0.25) is 9.59 Å². The number of unbranched alkanes of at least 4 members (excludes halogenated alkanes) is 3. The lowest BCUT2D eigenvalue weighted by molar-refractivity contribution is -0.144. The number of carbonyl (C=O) groups excluding carboxylic acids is 2. The van der Waals surface area contributed by atoms with Crippen LogP contribution in [0.4, 0.5) is 4.39 Å². The molecule has 0 fully saturated rings. The molecule has 0 aliphatic carbocycles. The summed E-state index contributed by atoms with van der Waals surface area (Å²) >= 11 is 0. The van der Waals surface area contributed by atoms with Crippen molar-refractivity contribution in [2.75, 3.05) is 39.6 Å². The largest absolute Gasteiger partial charge is 0.494 e. The van der Waals surface area contributed by atoms with E-state index in [1.807, 2.05) is 54.6 Å². The van der Waals surface area contributed by atoms with Crippen LogP contribution < -0.4 is 18.9 Å². The Morgan fingerprint density at radius 3 is 2.19 bits per heavy atom. The first kappa shape index (κ1) is 38.2. The summed E-state index contributed by atoms with van der Waals surface area (Å²) in [5.74, 6) is 2.08. The van der Waals surface area contributed by atoms with Crippen LogP contribution in [0.2, 0.25) is 0 Å². The Kier molecular flexibility index (Phi) is 14.8. The molecule has 0 saturated heterocycles. The van der Waals surface area contributed by atoms with Crippen LogP contribution in [0.3, 0.4) is 0 Å². The lowest BCUT2D eigenvalue weighted by atomic mass is 9.96. The molecule has 0 bridgehead atoms. The quantitative estimate of drug-likeness (QED) is 0.0662. The number of carbonyl (C=O) groups is 2. The molecule has 0 aromatic heterocycles. The first-order valence-corrected chi connectivity index (χ1v) is 18.4. The van der Waals surface area contributed by atoms with E-state index in [1.54, 1.807) is 26.0 Å². The Hall–Kier alpha value is -5.05. The average molecular weight is 713 g/mol. The van der Waals surface area contributed by atoms with Crippen LogP contribution in [0, 0.1) is 5.82 Å². The third-order valence-corrected chi connectivity index (χ3v) is 8.78. The number of hydrogen-bond acceptors (Lipinski definition) is 8. The molecule has 4 aromatic rings. The number of rotatable bonds is 20. The number of fused-ring (bicyclic) bond motifs is 1. The van der Waals surface area contributed by atoms with Crippen molar-refractivity contribution in [3.05, 3.63) is 95.8 Å². The van der Waals surface area contributed by atoms with E-state index in [9.17, 15) is 14.0 Å². The van der Waals surface area contributed by atoms with E-state index in [0.29, 0.717) is 81.7 Å². The van der Waals surface area contributed by atoms with Gasteiger partial charge in [-0.1, -0.05) is 49.2 Å². The summed E-state index contributed by atoms with van der Waals surface area (Å²) in [4.78, 5) is 23.9. The number of esters is 2. The summed E-state index contributed by atoms with van der Waals surface area (Å²) < 4.78 is 48.9. The van der Waals surface area contributed by atoms with Crippen LogP contribution in [0.1, 0.15) is 69.9 Å². The molecule has 1 heterocycles. The maximum Gasteiger partial charge on any atom is 0.306 e. The highest BCUT2D eigenvalue weighted by Gasteiger charge is 2.16. The van der Waals surface area contributed by atoms with Gasteiger partial charge in [-0.15, -0.1) is 0 Å². The normalized spacial score (nSPS) is 11.9.